The average Bonchev–Trinajstić information content (AvgIpc) is 2.03. The fourth-order valence-corrected chi connectivity index (χ4v) is 1.67. The van der Waals surface area contributed by atoms with Crippen LogP contribution in [0.15, 0.2) is 0 Å². The lowest BCUT2D eigenvalue weighted by Crippen LogP contribution is -2.42. The molecule has 0 aromatic carbocycles. The van der Waals surface area contributed by atoms with Crippen LogP contribution < -0.4 is 5.73 Å². The zero-order valence-electron chi connectivity index (χ0n) is 7.47. The Morgan fingerprint density at radius 3 is 2.85 bits per heavy atom. The number of hydrogen-bond acceptors (Lipinski definition) is 2. The smallest absolute Gasteiger partial charge is 0.251 e. The number of likely N-dealkylation sites (tertiary alicyclic amines) is 1. The third-order valence-corrected chi connectivity index (χ3v) is 2.34. The summed E-state index contributed by atoms with van der Waals surface area (Å²) in [6.07, 6.45) is -0.572. The van der Waals surface area contributed by atoms with Gasteiger partial charge in [-0.3, -0.25) is 10.3 Å². The molecule has 0 bridgehead atoms. The molecule has 0 saturated carbocycles. The van der Waals surface area contributed by atoms with E-state index in [4.69, 9.17) is 11.1 Å². The zero-order chi connectivity index (χ0) is 9.84. The summed E-state index contributed by atoms with van der Waals surface area (Å²) >= 11 is 0. The van der Waals surface area contributed by atoms with Crippen LogP contribution in [0.25, 0.3) is 0 Å². The first-order valence-corrected chi connectivity index (χ1v) is 4.44. The molecular weight excluding hydrogens is 176 g/mol. The Hall–Kier alpha value is -0.710. The Morgan fingerprint density at radius 1 is 1.62 bits per heavy atom. The van der Waals surface area contributed by atoms with Crippen molar-refractivity contribution in [3.05, 3.63) is 0 Å². The maximum absolute atomic E-state index is 12.0. The number of nitrogens with two attached hydrogens (primary N) is 1. The van der Waals surface area contributed by atoms with Gasteiger partial charge in [-0.1, -0.05) is 0 Å². The SMILES string of the molecule is N=C(N)C1CCCN(CC(F)F)C1. The van der Waals surface area contributed by atoms with Crippen molar-refractivity contribution in [2.24, 2.45) is 11.7 Å². The molecule has 0 aromatic rings. The molecular formula is C8H15F2N3. The van der Waals surface area contributed by atoms with Crippen LogP contribution in [0.1, 0.15) is 12.8 Å². The van der Waals surface area contributed by atoms with Gasteiger partial charge >= 0.3 is 0 Å². The number of halogens is 2. The number of nitrogens with zero attached hydrogens (tertiary/aromatic N) is 1. The van der Waals surface area contributed by atoms with Crippen LogP contribution in [0.4, 0.5) is 8.78 Å². The Labute approximate surface area is 76.4 Å². The highest BCUT2D eigenvalue weighted by atomic mass is 19.3. The van der Waals surface area contributed by atoms with Crippen LogP contribution in [0.2, 0.25) is 0 Å². The molecule has 0 amide bonds. The second-order valence-corrected chi connectivity index (χ2v) is 3.45. The van der Waals surface area contributed by atoms with Crippen LogP contribution in [0.5, 0.6) is 0 Å². The Bertz CT molecular complexity index is 184. The molecule has 5 heteroatoms. The monoisotopic (exact) mass is 191 g/mol. The summed E-state index contributed by atoms with van der Waals surface area (Å²) in [6.45, 7) is 1.03. The maximum Gasteiger partial charge on any atom is 0.251 e. The van der Waals surface area contributed by atoms with E-state index in [0.29, 0.717) is 13.1 Å². The minimum atomic E-state index is -2.29. The normalized spacial score (nSPS) is 25.0. The van der Waals surface area contributed by atoms with Crippen molar-refractivity contribution in [1.29, 1.82) is 5.41 Å². The Balaban J connectivity index is 2.37. The quantitative estimate of drug-likeness (QED) is 0.514. The van der Waals surface area contributed by atoms with Crippen LogP contribution in [-0.4, -0.2) is 36.8 Å². The topological polar surface area (TPSA) is 53.1 Å². The third kappa shape index (κ3) is 3.26. The molecule has 0 spiro atoms. The van der Waals surface area contributed by atoms with E-state index in [9.17, 15) is 8.78 Å². The number of piperidine rings is 1. The van der Waals surface area contributed by atoms with Gasteiger partial charge in [0.25, 0.3) is 6.43 Å². The lowest BCUT2D eigenvalue weighted by atomic mass is 9.97. The van der Waals surface area contributed by atoms with Gasteiger partial charge in [-0.05, 0) is 19.4 Å². The minimum absolute atomic E-state index is 0.0208. The Morgan fingerprint density at radius 2 is 2.31 bits per heavy atom. The summed E-state index contributed by atoms with van der Waals surface area (Å²) in [5, 5.41) is 7.22. The second-order valence-electron chi connectivity index (χ2n) is 3.45. The molecule has 3 nitrogen and oxygen atoms in total. The molecule has 1 unspecified atom stereocenters. The van der Waals surface area contributed by atoms with E-state index in [1.807, 2.05) is 0 Å². The molecule has 1 rings (SSSR count). The Kier molecular flexibility index (Phi) is 3.59. The lowest BCUT2D eigenvalue weighted by Gasteiger charge is -2.31. The number of rotatable bonds is 3. The summed E-state index contributed by atoms with van der Waals surface area (Å²) in [6, 6.07) is 0. The van der Waals surface area contributed by atoms with Crippen LogP contribution in [-0.2, 0) is 0 Å². The maximum atomic E-state index is 12.0. The lowest BCUT2D eigenvalue weighted by molar-refractivity contribution is 0.0725. The van der Waals surface area contributed by atoms with E-state index in [2.05, 4.69) is 0 Å². The second kappa shape index (κ2) is 4.50. The third-order valence-electron chi connectivity index (χ3n) is 2.34. The van der Waals surface area contributed by atoms with Gasteiger partial charge in [0.15, 0.2) is 0 Å². The van der Waals surface area contributed by atoms with E-state index in [1.54, 1.807) is 4.90 Å². The van der Waals surface area contributed by atoms with Crippen molar-refractivity contribution in [1.82, 2.24) is 4.90 Å². The number of alkyl halides is 2. The van der Waals surface area contributed by atoms with Crippen molar-refractivity contribution in [2.45, 2.75) is 19.3 Å². The van der Waals surface area contributed by atoms with Gasteiger partial charge in [0, 0.05) is 12.5 Å². The summed E-state index contributed by atoms with van der Waals surface area (Å²) in [4.78, 5) is 1.68. The standard InChI is InChI=1S/C8H15F2N3/c9-7(10)5-13-3-1-2-6(4-13)8(11)12/h6-7H,1-5H2,(H3,11,12). The molecule has 3 N–H and O–H groups in total. The van der Waals surface area contributed by atoms with Crippen molar-refractivity contribution < 1.29 is 8.78 Å². The van der Waals surface area contributed by atoms with E-state index in [0.717, 1.165) is 12.8 Å². The predicted octanol–water partition coefficient (Wildman–Crippen LogP) is 0.899. The largest absolute Gasteiger partial charge is 0.387 e. The van der Waals surface area contributed by atoms with Gasteiger partial charge in [-0.2, -0.15) is 0 Å². The molecule has 1 atom stereocenters. The number of hydrogen-bond donors (Lipinski definition) is 2. The summed E-state index contributed by atoms with van der Waals surface area (Å²) in [5.74, 6) is 0.103. The van der Waals surface area contributed by atoms with Crippen molar-refractivity contribution in [2.75, 3.05) is 19.6 Å². The van der Waals surface area contributed by atoms with Gasteiger partial charge in [-0.25, -0.2) is 8.78 Å². The van der Waals surface area contributed by atoms with E-state index < -0.39 is 6.43 Å². The van der Waals surface area contributed by atoms with E-state index in [-0.39, 0.29) is 18.3 Å². The van der Waals surface area contributed by atoms with Crippen molar-refractivity contribution >= 4 is 5.84 Å². The summed E-state index contributed by atoms with van der Waals surface area (Å²) in [5.41, 5.74) is 5.33. The van der Waals surface area contributed by atoms with E-state index in [1.165, 1.54) is 0 Å². The highest BCUT2D eigenvalue weighted by Crippen LogP contribution is 2.16. The first kappa shape index (κ1) is 10.4. The van der Waals surface area contributed by atoms with Gasteiger partial charge in [-0.15, -0.1) is 0 Å². The molecule has 13 heavy (non-hydrogen) atoms. The van der Waals surface area contributed by atoms with Gasteiger partial charge in [0.1, 0.15) is 0 Å². The molecule has 1 aliphatic heterocycles. The molecule has 1 aliphatic rings. The fourth-order valence-electron chi connectivity index (χ4n) is 1.67. The number of nitrogens with one attached hydrogen (secondary N) is 1. The molecule has 1 fully saturated rings. The van der Waals surface area contributed by atoms with Crippen LogP contribution in [0, 0.1) is 11.3 Å². The average molecular weight is 191 g/mol. The van der Waals surface area contributed by atoms with E-state index >= 15 is 0 Å². The zero-order valence-corrected chi connectivity index (χ0v) is 7.47. The molecule has 0 aliphatic carbocycles. The van der Waals surface area contributed by atoms with Gasteiger partial charge in [0.05, 0.1) is 12.4 Å². The predicted molar refractivity (Wildman–Crippen MR) is 47.1 cm³/mol. The molecule has 76 valence electrons. The highest BCUT2D eigenvalue weighted by Gasteiger charge is 2.23. The van der Waals surface area contributed by atoms with Crippen molar-refractivity contribution in [3.8, 4) is 0 Å². The van der Waals surface area contributed by atoms with Crippen molar-refractivity contribution in [3.63, 3.8) is 0 Å². The summed E-state index contributed by atoms with van der Waals surface area (Å²) < 4.78 is 24.0. The molecule has 0 radical (unpaired) electrons. The van der Waals surface area contributed by atoms with Crippen LogP contribution in [0.3, 0.4) is 0 Å². The molecule has 1 saturated heterocycles. The molecule has 1 heterocycles. The van der Waals surface area contributed by atoms with Gasteiger partial charge in [0.2, 0.25) is 0 Å². The highest BCUT2D eigenvalue weighted by molar-refractivity contribution is 5.79. The number of amidine groups is 1. The summed E-state index contributed by atoms with van der Waals surface area (Å²) in [7, 11) is 0. The van der Waals surface area contributed by atoms with Crippen LogP contribution >= 0.6 is 0 Å². The first-order valence-electron chi connectivity index (χ1n) is 4.44. The first-order chi connectivity index (χ1) is 6.09. The fraction of sp³-hybridized carbons (Fsp3) is 0.875. The molecule has 0 aromatic heterocycles. The van der Waals surface area contributed by atoms with Gasteiger partial charge < -0.3 is 5.73 Å². The minimum Gasteiger partial charge on any atom is -0.387 e.